The molecule has 0 spiro atoms. The van der Waals surface area contributed by atoms with Gasteiger partial charge in [-0.2, -0.15) is 0 Å². The zero-order valence-corrected chi connectivity index (χ0v) is 12.5. The smallest absolute Gasteiger partial charge is 0.356 e. The van der Waals surface area contributed by atoms with Gasteiger partial charge in [0.2, 0.25) is 0 Å². The summed E-state index contributed by atoms with van der Waals surface area (Å²) in [7, 11) is 0. The fourth-order valence-electron chi connectivity index (χ4n) is 2.14. The minimum absolute atomic E-state index is 0.0409. The van der Waals surface area contributed by atoms with E-state index in [4.69, 9.17) is 9.94 Å². The summed E-state index contributed by atoms with van der Waals surface area (Å²) in [5, 5.41) is 12.1. The minimum atomic E-state index is -0.583. The Morgan fingerprint density at radius 1 is 1.09 bits per heavy atom. The van der Waals surface area contributed by atoms with Gasteiger partial charge in [-0.15, -0.1) is 0 Å². The molecule has 0 radical (unpaired) electrons. The SMILES string of the molecule is Cc1ccccc1CCC(=NO)C(=O)OCc1ccccc1. The van der Waals surface area contributed by atoms with Crippen LogP contribution in [0.4, 0.5) is 0 Å². The topological polar surface area (TPSA) is 58.9 Å². The summed E-state index contributed by atoms with van der Waals surface area (Å²) in [5.74, 6) is -0.583. The molecule has 4 nitrogen and oxygen atoms in total. The van der Waals surface area contributed by atoms with Crippen molar-refractivity contribution in [1.29, 1.82) is 0 Å². The third-order valence-corrected chi connectivity index (χ3v) is 3.46. The number of benzene rings is 2. The predicted molar refractivity (Wildman–Crippen MR) is 85.0 cm³/mol. The van der Waals surface area contributed by atoms with E-state index >= 15 is 0 Å². The van der Waals surface area contributed by atoms with Crippen molar-refractivity contribution in [3.8, 4) is 0 Å². The normalized spacial score (nSPS) is 11.2. The van der Waals surface area contributed by atoms with Gasteiger partial charge in [0.25, 0.3) is 0 Å². The molecule has 2 aromatic carbocycles. The first-order chi connectivity index (χ1) is 10.7. The van der Waals surface area contributed by atoms with Crippen LogP contribution in [0.5, 0.6) is 0 Å². The van der Waals surface area contributed by atoms with E-state index < -0.39 is 5.97 Å². The van der Waals surface area contributed by atoms with Gasteiger partial charge in [-0.05, 0) is 30.0 Å². The Kier molecular flexibility index (Phi) is 5.72. The molecule has 2 aromatic rings. The van der Waals surface area contributed by atoms with E-state index in [1.807, 2.05) is 61.5 Å². The lowest BCUT2D eigenvalue weighted by atomic mass is 10.0. The second-order valence-electron chi connectivity index (χ2n) is 5.03. The standard InChI is InChI=1S/C18H19NO3/c1-14-7-5-6-10-16(14)11-12-17(19-21)18(20)22-13-15-8-3-2-4-9-15/h2-10,21H,11-13H2,1H3. The van der Waals surface area contributed by atoms with Gasteiger partial charge in [0.15, 0.2) is 5.71 Å². The van der Waals surface area contributed by atoms with Crippen LogP contribution in [0.15, 0.2) is 59.8 Å². The third kappa shape index (κ3) is 4.45. The number of oxime groups is 1. The summed E-state index contributed by atoms with van der Waals surface area (Å²) in [5.41, 5.74) is 3.21. The van der Waals surface area contributed by atoms with Crippen molar-refractivity contribution in [3.05, 3.63) is 71.3 Å². The molecule has 0 amide bonds. The molecule has 2 rings (SSSR count). The van der Waals surface area contributed by atoms with Crippen LogP contribution in [0.3, 0.4) is 0 Å². The zero-order valence-electron chi connectivity index (χ0n) is 12.5. The van der Waals surface area contributed by atoms with Gasteiger partial charge >= 0.3 is 5.97 Å². The van der Waals surface area contributed by atoms with Crippen molar-refractivity contribution < 1.29 is 14.7 Å². The van der Waals surface area contributed by atoms with Crippen LogP contribution in [0, 0.1) is 6.92 Å². The summed E-state index contributed by atoms with van der Waals surface area (Å²) in [6, 6.07) is 17.3. The molecule has 0 unspecified atom stereocenters. The Hall–Kier alpha value is -2.62. The fourth-order valence-corrected chi connectivity index (χ4v) is 2.14. The summed E-state index contributed by atoms with van der Waals surface area (Å²) >= 11 is 0. The van der Waals surface area contributed by atoms with Gasteiger partial charge in [0.05, 0.1) is 0 Å². The number of aryl methyl sites for hydroxylation is 2. The molecule has 0 aromatic heterocycles. The van der Waals surface area contributed by atoms with E-state index in [9.17, 15) is 4.79 Å². The van der Waals surface area contributed by atoms with E-state index in [1.54, 1.807) is 0 Å². The van der Waals surface area contributed by atoms with Crippen LogP contribution in [0.1, 0.15) is 23.1 Å². The average Bonchev–Trinajstić information content (AvgIpc) is 2.56. The van der Waals surface area contributed by atoms with E-state index in [0.29, 0.717) is 12.8 Å². The van der Waals surface area contributed by atoms with Crippen molar-refractivity contribution in [2.24, 2.45) is 5.16 Å². The monoisotopic (exact) mass is 297 g/mol. The Balaban J connectivity index is 1.88. The fraction of sp³-hybridized carbons (Fsp3) is 0.222. The Bertz CT molecular complexity index is 650. The molecular weight excluding hydrogens is 278 g/mol. The molecule has 0 aliphatic carbocycles. The van der Waals surface area contributed by atoms with Crippen molar-refractivity contribution >= 4 is 11.7 Å². The van der Waals surface area contributed by atoms with Crippen LogP contribution in [0.25, 0.3) is 0 Å². The van der Waals surface area contributed by atoms with Gasteiger partial charge in [0.1, 0.15) is 6.61 Å². The van der Waals surface area contributed by atoms with E-state index in [1.165, 1.54) is 0 Å². The maximum absolute atomic E-state index is 11.9. The number of carbonyl (C=O) groups excluding carboxylic acids is 1. The largest absolute Gasteiger partial charge is 0.456 e. The lowest BCUT2D eigenvalue weighted by Crippen LogP contribution is -2.18. The molecule has 0 bridgehead atoms. The summed E-state index contributed by atoms with van der Waals surface area (Å²) in [4.78, 5) is 11.9. The summed E-state index contributed by atoms with van der Waals surface area (Å²) < 4.78 is 5.17. The highest BCUT2D eigenvalue weighted by Gasteiger charge is 2.14. The van der Waals surface area contributed by atoms with E-state index in [2.05, 4.69) is 5.16 Å². The van der Waals surface area contributed by atoms with E-state index in [0.717, 1.165) is 16.7 Å². The molecule has 0 aliphatic rings. The average molecular weight is 297 g/mol. The predicted octanol–water partition coefficient (Wildman–Crippen LogP) is 3.50. The van der Waals surface area contributed by atoms with Crippen molar-refractivity contribution in [2.75, 3.05) is 0 Å². The van der Waals surface area contributed by atoms with Gasteiger partial charge in [0, 0.05) is 6.42 Å². The van der Waals surface area contributed by atoms with Crippen molar-refractivity contribution in [1.82, 2.24) is 0 Å². The molecule has 4 heteroatoms. The highest BCUT2D eigenvalue weighted by atomic mass is 16.5. The maximum atomic E-state index is 11.9. The number of rotatable bonds is 6. The number of esters is 1. The van der Waals surface area contributed by atoms with Crippen molar-refractivity contribution in [3.63, 3.8) is 0 Å². The lowest BCUT2D eigenvalue weighted by molar-refractivity contribution is -0.137. The third-order valence-electron chi connectivity index (χ3n) is 3.46. The van der Waals surface area contributed by atoms with Gasteiger partial charge in [-0.1, -0.05) is 59.8 Å². The molecular formula is C18H19NO3. The molecule has 114 valence electrons. The second kappa shape index (κ2) is 7.98. The Labute approximate surface area is 130 Å². The maximum Gasteiger partial charge on any atom is 0.356 e. The van der Waals surface area contributed by atoms with Crippen LogP contribution < -0.4 is 0 Å². The number of hydrogen-bond acceptors (Lipinski definition) is 4. The van der Waals surface area contributed by atoms with Gasteiger partial charge in [-0.25, -0.2) is 4.79 Å². The first-order valence-corrected chi connectivity index (χ1v) is 7.17. The first kappa shape index (κ1) is 15.8. The van der Waals surface area contributed by atoms with Crippen molar-refractivity contribution in [2.45, 2.75) is 26.4 Å². The van der Waals surface area contributed by atoms with Crippen LogP contribution in [0.2, 0.25) is 0 Å². The van der Waals surface area contributed by atoms with Crippen LogP contribution in [-0.4, -0.2) is 16.9 Å². The molecule has 0 aliphatic heterocycles. The molecule has 0 saturated carbocycles. The van der Waals surface area contributed by atoms with Crippen LogP contribution in [-0.2, 0) is 22.6 Å². The summed E-state index contributed by atoms with van der Waals surface area (Å²) in [6.07, 6.45) is 0.974. The zero-order chi connectivity index (χ0) is 15.8. The summed E-state index contributed by atoms with van der Waals surface area (Å²) in [6.45, 7) is 2.18. The number of hydrogen-bond donors (Lipinski definition) is 1. The molecule has 1 N–H and O–H groups in total. The molecule has 0 heterocycles. The quantitative estimate of drug-likeness (QED) is 0.384. The molecule has 0 saturated heterocycles. The molecule has 0 fully saturated rings. The second-order valence-corrected chi connectivity index (χ2v) is 5.03. The highest BCUT2D eigenvalue weighted by Crippen LogP contribution is 2.11. The Morgan fingerprint density at radius 2 is 1.77 bits per heavy atom. The highest BCUT2D eigenvalue weighted by molar-refractivity contribution is 6.36. The minimum Gasteiger partial charge on any atom is -0.456 e. The number of carbonyl (C=O) groups is 1. The van der Waals surface area contributed by atoms with E-state index in [-0.39, 0.29) is 12.3 Å². The number of nitrogens with zero attached hydrogens (tertiary/aromatic N) is 1. The Morgan fingerprint density at radius 3 is 2.45 bits per heavy atom. The van der Waals surface area contributed by atoms with Crippen LogP contribution >= 0.6 is 0 Å². The molecule has 0 atom stereocenters. The van der Waals surface area contributed by atoms with Gasteiger partial charge < -0.3 is 9.94 Å². The lowest BCUT2D eigenvalue weighted by Gasteiger charge is -2.08. The number of ether oxygens (including phenoxy) is 1. The van der Waals surface area contributed by atoms with Gasteiger partial charge in [-0.3, -0.25) is 0 Å². The first-order valence-electron chi connectivity index (χ1n) is 7.17. The molecule has 22 heavy (non-hydrogen) atoms.